The van der Waals surface area contributed by atoms with Gasteiger partial charge in [-0.25, -0.2) is 0 Å². The average molecular weight is 255 g/mol. The summed E-state index contributed by atoms with van der Waals surface area (Å²) in [5.41, 5.74) is 0. The Kier molecular flexibility index (Phi) is 5.93. The summed E-state index contributed by atoms with van der Waals surface area (Å²) in [6.07, 6.45) is 9.04. The zero-order valence-electron chi connectivity index (χ0n) is 11.8. The van der Waals surface area contributed by atoms with Crippen LogP contribution in [0.1, 0.15) is 51.9 Å². The lowest BCUT2D eigenvalue weighted by Gasteiger charge is -2.32. The van der Waals surface area contributed by atoms with Crippen molar-refractivity contribution in [2.75, 3.05) is 26.2 Å². The predicted molar refractivity (Wildman–Crippen MR) is 73.7 cm³/mol. The van der Waals surface area contributed by atoms with Gasteiger partial charge in [0.15, 0.2) is 0 Å². The highest BCUT2D eigenvalue weighted by Crippen LogP contribution is 2.20. The fraction of sp³-hybridized carbons (Fsp3) is 1.00. The second-order valence-corrected chi connectivity index (χ2v) is 6.25. The van der Waals surface area contributed by atoms with Gasteiger partial charge >= 0.3 is 0 Å². The number of nitrogens with zero attached hydrogens (tertiary/aromatic N) is 1. The Morgan fingerprint density at radius 1 is 1.17 bits per heavy atom. The van der Waals surface area contributed by atoms with Crippen molar-refractivity contribution in [3.8, 4) is 0 Å². The van der Waals surface area contributed by atoms with E-state index in [1.165, 1.54) is 44.9 Å². The number of piperidine rings is 1. The van der Waals surface area contributed by atoms with Gasteiger partial charge in [-0.1, -0.05) is 26.2 Å². The smallest absolute Gasteiger partial charge is 0.0900 e. The Labute approximate surface area is 112 Å². The molecule has 1 aliphatic heterocycles. The van der Waals surface area contributed by atoms with Gasteiger partial charge in [-0.2, -0.15) is 0 Å². The topological polar surface area (TPSA) is 32.7 Å². The van der Waals surface area contributed by atoms with Gasteiger partial charge in [0, 0.05) is 13.1 Å². The van der Waals surface area contributed by atoms with E-state index in [2.05, 4.69) is 11.8 Å². The van der Waals surface area contributed by atoms with Crippen LogP contribution in [0, 0.1) is 5.92 Å². The van der Waals surface area contributed by atoms with Crippen LogP contribution < -0.4 is 0 Å². The van der Waals surface area contributed by atoms with E-state index in [0.717, 1.165) is 25.6 Å². The van der Waals surface area contributed by atoms with E-state index in [4.69, 9.17) is 4.74 Å². The first-order valence-electron chi connectivity index (χ1n) is 7.76. The molecule has 3 nitrogen and oxygen atoms in total. The molecule has 0 radical (unpaired) electrons. The van der Waals surface area contributed by atoms with Gasteiger partial charge < -0.3 is 14.7 Å². The van der Waals surface area contributed by atoms with Crippen molar-refractivity contribution >= 4 is 0 Å². The van der Waals surface area contributed by atoms with E-state index in [1.807, 2.05) is 0 Å². The van der Waals surface area contributed by atoms with Crippen molar-refractivity contribution in [2.24, 2.45) is 5.92 Å². The number of hydrogen-bond acceptors (Lipinski definition) is 3. The summed E-state index contributed by atoms with van der Waals surface area (Å²) in [4.78, 5) is 2.39. The fourth-order valence-corrected chi connectivity index (χ4v) is 3.28. The van der Waals surface area contributed by atoms with Crippen LogP contribution in [0.2, 0.25) is 0 Å². The number of aliphatic hydroxyl groups excluding tert-OH is 1. The maximum Gasteiger partial charge on any atom is 0.0900 e. The summed E-state index contributed by atoms with van der Waals surface area (Å²) in [5.74, 6) is 0.783. The second-order valence-electron chi connectivity index (χ2n) is 6.25. The third kappa shape index (κ3) is 4.87. The molecule has 2 atom stereocenters. The number of ether oxygens (including phenoxy) is 1. The molecule has 0 amide bonds. The highest BCUT2D eigenvalue weighted by atomic mass is 16.5. The second kappa shape index (κ2) is 7.46. The lowest BCUT2D eigenvalue weighted by Crippen LogP contribution is -2.41. The van der Waals surface area contributed by atoms with Gasteiger partial charge in [-0.3, -0.25) is 0 Å². The van der Waals surface area contributed by atoms with Crippen molar-refractivity contribution in [2.45, 2.75) is 64.1 Å². The third-order valence-corrected chi connectivity index (χ3v) is 4.29. The SMILES string of the molecule is C[C@@H]1CCCN(C[C@@H](O)COC2CCCCC2)C1. The first-order chi connectivity index (χ1) is 8.74. The zero-order chi connectivity index (χ0) is 12.8. The molecule has 3 heteroatoms. The average Bonchev–Trinajstić information content (AvgIpc) is 2.38. The van der Waals surface area contributed by atoms with Gasteiger partial charge in [0.1, 0.15) is 0 Å². The molecule has 1 saturated heterocycles. The monoisotopic (exact) mass is 255 g/mol. The molecular formula is C15H29NO2. The standard InChI is InChI=1S/C15H29NO2/c1-13-6-5-9-16(10-13)11-14(17)12-18-15-7-3-2-4-8-15/h13-15,17H,2-12H2,1H3/t13-,14-/m1/s1. The van der Waals surface area contributed by atoms with Crippen LogP contribution >= 0.6 is 0 Å². The van der Waals surface area contributed by atoms with Crippen LogP contribution in [0.3, 0.4) is 0 Å². The molecule has 1 saturated carbocycles. The van der Waals surface area contributed by atoms with Gasteiger partial charge in [-0.05, 0) is 38.1 Å². The quantitative estimate of drug-likeness (QED) is 0.819. The van der Waals surface area contributed by atoms with Crippen LogP contribution in [0.5, 0.6) is 0 Å². The molecule has 0 bridgehead atoms. The Morgan fingerprint density at radius 3 is 2.67 bits per heavy atom. The lowest BCUT2D eigenvalue weighted by atomic mass is 9.98. The molecule has 2 rings (SSSR count). The number of hydrogen-bond donors (Lipinski definition) is 1. The minimum absolute atomic E-state index is 0.308. The lowest BCUT2D eigenvalue weighted by molar-refractivity contribution is -0.0361. The largest absolute Gasteiger partial charge is 0.389 e. The van der Waals surface area contributed by atoms with Gasteiger partial charge in [-0.15, -0.1) is 0 Å². The number of likely N-dealkylation sites (tertiary alicyclic amines) is 1. The molecule has 0 spiro atoms. The van der Waals surface area contributed by atoms with Crippen molar-refractivity contribution < 1.29 is 9.84 Å². The summed E-state index contributed by atoms with van der Waals surface area (Å²) in [6, 6.07) is 0. The number of rotatable bonds is 5. The molecule has 2 fully saturated rings. The molecule has 106 valence electrons. The van der Waals surface area contributed by atoms with Gasteiger partial charge in [0.2, 0.25) is 0 Å². The first kappa shape index (κ1) is 14.3. The minimum atomic E-state index is -0.308. The minimum Gasteiger partial charge on any atom is -0.389 e. The van der Waals surface area contributed by atoms with Crippen LogP contribution in [-0.4, -0.2) is 48.5 Å². The van der Waals surface area contributed by atoms with E-state index in [1.54, 1.807) is 0 Å². The normalized spacial score (nSPS) is 29.3. The van der Waals surface area contributed by atoms with Gasteiger partial charge in [0.25, 0.3) is 0 Å². The van der Waals surface area contributed by atoms with Crippen LogP contribution in [0.15, 0.2) is 0 Å². The molecule has 2 aliphatic rings. The molecule has 1 N–H and O–H groups in total. The molecular weight excluding hydrogens is 226 g/mol. The third-order valence-electron chi connectivity index (χ3n) is 4.29. The highest BCUT2D eigenvalue weighted by Gasteiger charge is 2.20. The molecule has 1 heterocycles. The van der Waals surface area contributed by atoms with Crippen molar-refractivity contribution in [3.05, 3.63) is 0 Å². The summed E-state index contributed by atoms with van der Waals surface area (Å²) in [5, 5.41) is 10.1. The molecule has 0 aromatic carbocycles. The summed E-state index contributed by atoms with van der Waals surface area (Å²) < 4.78 is 5.84. The van der Waals surface area contributed by atoms with E-state index >= 15 is 0 Å². The Morgan fingerprint density at radius 2 is 1.94 bits per heavy atom. The van der Waals surface area contributed by atoms with Crippen molar-refractivity contribution in [1.82, 2.24) is 4.90 Å². The van der Waals surface area contributed by atoms with E-state index in [9.17, 15) is 5.11 Å². The van der Waals surface area contributed by atoms with E-state index < -0.39 is 0 Å². The predicted octanol–water partition coefficient (Wildman–Crippen LogP) is 2.43. The van der Waals surface area contributed by atoms with Gasteiger partial charge in [0.05, 0.1) is 18.8 Å². The first-order valence-corrected chi connectivity index (χ1v) is 7.76. The molecule has 1 aliphatic carbocycles. The van der Waals surface area contributed by atoms with E-state index in [0.29, 0.717) is 12.7 Å². The molecule has 18 heavy (non-hydrogen) atoms. The van der Waals surface area contributed by atoms with Crippen molar-refractivity contribution in [1.29, 1.82) is 0 Å². The van der Waals surface area contributed by atoms with Crippen LogP contribution in [-0.2, 0) is 4.74 Å². The fourth-order valence-electron chi connectivity index (χ4n) is 3.28. The van der Waals surface area contributed by atoms with Crippen LogP contribution in [0.4, 0.5) is 0 Å². The molecule has 0 aromatic heterocycles. The highest BCUT2D eigenvalue weighted by molar-refractivity contribution is 4.73. The number of β-amino-alcohol motifs (C(OH)–C–C–N with tert-alkyl or cyclic N) is 1. The van der Waals surface area contributed by atoms with Crippen molar-refractivity contribution in [3.63, 3.8) is 0 Å². The zero-order valence-corrected chi connectivity index (χ0v) is 11.8. The summed E-state index contributed by atoms with van der Waals surface area (Å²) in [6.45, 7) is 5.90. The van der Waals surface area contributed by atoms with E-state index in [-0.39, 0.29) is 6.10 Å². The summed E-state index contributed by atoms with van der Waals surface area (Å²) in [7, 11) is 0. The summed E-state index contributed by atoms with van der Waals surface area (Å²) >= 11 is 0. The van der Waals surface area contributed by atoms with Crippen LogP contribution in [0.25, 0.3) is 0 Å². The maximum absolute atomic E-state index is 10.1. The molecule has 0 unspecified atom stereocenters. The Balaban J connectivity index is 1.60. The Bertz CT molecular complexity index is 229. The number of aliphatic hydroxyl groups is 1. The Hall–Kier alpha value is -0.120. The maximum atomic E-state index is 10.1. The molecule has 0 aromatic rings.